The van der Waals surface area contributed by atoms with Crippen LogP contribution in [-0.4, -0.2) is 49.2 Å². The second kappa shape index (κ2) is 8.34. The van der Waals surface area contributed by atoms with Crippen LogP contribution >= 0.6 is 0 Å². The Labute approximate surface area is 154 Å². The number of hydrogen-bond acceptors (Lipinski definition) is 4. The number of amides is 1. The molecule has 5 heteroatoms. The van der Waals surface area contributed by atoms with E-state index in [0.717, 1.165) is 26.3 Å². The van der Waals surface area contributed by atoms with Gasteiger partial charge >= 0.3 is 0 Å². The highest BCUT2D eigenvalue weighted by atomic mass is 16.5. The Balaban J connectivity index is 1.66. The van der Waals surface area contributed by atoms with Gasteiger partial charge in [0.25, 0.3) is 5.91 Å². The SMILES string of the molecule is CC(C)(CNC(=O)c1ccccc1Oc1ccccc1)N1CCOCC1. The predicted molar refractivity (Wildman–Crippen MR) is 102 cm³/mol. The molecule has 1 aliphatic heterocycles. The number of nitrogens with one attached hydrogen (secondary N) is 1. The number of para-hydroxylation sites is 2. The lowest BCUT2D eigenvalue weighted by Gasteiger charge is -2.40. The quantitative estimate of drug-likeness (QED) is 0.865. The molecule has 138 valence electrons. The summed E-state index contributed by atoms with van der Waals surface area (Å²) in [5.41, 5.74) is 0.406. The highest BCUT2D eigenvalue weighted by Crippen LogP contribution is 2.25. The van der Waals surface area contributed by atoms with Crippen LogP contribution in [0.3, 0.4) is 0 Å². The highest BCUT2D eigenvalue weighted by molar-refractivity contribution is 5.97. The molecule has 0 aliphatic carbocycles. The van der Waals surface area contributed by atoms with E-state index in [1.165, 1.54) is 0 Å². The minimum absolute atomic E-state index is 0.127. The lowest BCUT2D eigenvalue weighted by Crippen LogP contribution is -2.55. The van der Waals surface area contributed by atoms with E-state index >= 15 is 0 Å². The van der Waals surface area contributed by atoms with E-state index < -0.39 is 0 Å². The molecule has 1 amide bonds. The standard InChI is InChI=1S/C21H26N2O3/c1-21(2,23-12-14-25-15-13-23)16-22-20(24)18-10-6-7-11-19(18)26-17-8-4-3-5-9-17/h3-11H,12-16H2,1-2H3,(H,22,24). The molecule has 0 unspecified atom stereocenters. The minimum Gasteiger partial charge on any atom is -0.457 e. The molecule has 0 aromatic heterocycles. The Morgan fingerprint density at radius 3 is 2.46 bits per heavy atom. The summed E-state index contributed by atoms with van der Waals surface area (Å²) in [6.45, 7) is 8.10. The van der Waals surface area contributed by atoms with E-state index in [0.29, 0.717) is 23.6 Å². The molecule has 2 aromatic carbocycles. The lowest BCUT2D eigenvalue weighted by atomic mass is 10.0. The molecule has 26 heavy (non-hydrogen) atoms. The molecular formula is C21H26N2O3. The van der Waals surface area contributed by atoms with Crippen molar-refractivity contribution in [2.75, 3.05) is 32.8 Å². The van der Waals surface area contributed by atoms with Crippen molar-refractivity contribution in [3.63, 3.8) is 0 Å². The van der Waals surface area contributed by atoms with Gasteiger partial charge in [0.2, 0.25) is 0 Å². The van der Waals surface area contributed by atoms with Gasteiger partial charge in [0.05, 0.1) is 18.8 Å². The van der Waals surface area contributed by atoms with Crippen LogP contribution in [0.5, 0.6) is 11.5 Å². The first-order chi connectivity index (χ1) is 12.6. The third kappa shape index (κ3) is 4.62. The van der Waals surface area contributed by atoms with E-state index in [1.54, 1.807) is 6.07 Å². The normalized spacial score (nSPS) is 15.5. The third-order valence-corrected chi connectivity index (χ3v) is 4.65. The van der Waals surface area contributed by atoms with Crippen molar-refractivity contribution in [1.29, 1.82) is 0 Å². The van der Waals surface area contributed by atoms with Gasteiger partial charge in [-0.1, -0.05) is 30.3 Å². The number of carbonyl (C=O) groups excluding carboxylic acids is 1. The van der Waals surface area contributed by atoms with Crippen LogP contribution in [0.15, 0.2) is 54.6 Å². The van der Waals surface area contributed by atoms with E-state index in [-0.39, 0.29) is 11.4 Å². The summed E-state index contributed by atoms with van der Waals surface area (Å²) in [6, 6.07) is 16.8. The monoisotopic (exact) mass is 354 g/mol. The maximum absolute atomic E-state index is 12.8. The second-order valence-electron chi connectivity index (χ2n) is 7.01. The Morgan fingerprint density at radius 2 is 1.73 bits per heavy atom. The van der Waals surface area contributed by atoms with Crippen molar-refractivity contribution in [1.82, 2.24) is 10.2 Å². The third-order valence-electron chi connectivity index (χ3n) is 4.65. The van der Waals surface area contributed by atoms with Crippen molar-refractivity contribution < 1.29 is 14.3 Å². The summed E-state index contributed by atoms with van der Waals surface area (Å²) in [5, 5.41) is 3.06. The molecule has 1 saturated heterocycles. The fourth-order valence-electron chi connectivity index (χ4n) is 3.03. The molecule has 0 spiro atoms. The molecule has 5 nitrogen and oxygen atoms in total. The molecule has 0 bridgehead atoms. The second-order valence-corrected chi connectivity index (χ2v) is 7.01. The minimum atomic E-state index is -0.130. The summed E-state index contributed by atoms with van der Waals surface area (Å²) in [7, 11) is 0. The van der Waals surface area contributed by atoms with Crippen LogP contribution in [0.25, 0.3) is 0 Å². The molecule has 1 aliphatic rings. The summed E-state index contributed by atoms with van der Waals surface area (Å²) < 4.78 is 11.3. The zero-order chi connectivity index (χ0) is 18.4. The maximum atomic E-state index is 12.8. The van der Waals surface area contributed by atoms with Crippen LogP contribution in [0.1, 0.15) is 24.2 Å². The van der Waals surface area contributed by atoms with Crippen LogP contribution in [0.2, 0.25) is 0 Å². The first-order valence-electron chi connectivity index (χ1n) is 8.99. The fraction of sp³-hybridized carbons (Fsp3) is 0.381. The predicted octanol–water partition coefficient (Wildman–Crippen LogP) is 3.32. The summed E-state index contributed by atoms with van der Waals surface area (Å²) in [4.78, 5) is 15.1. The molecule has 0 atom stereocenters. The topological polar surface area (TPSA) is 50.8 Å². The van der Waals surface area contributed by atoms with Gasteiger partial charge in [-0.2, -0.15) is 0 Å². The molecule has 1 N–H and O–H groups in total. The van der Waals surface area contributed by atoms with Crippen molar-refractivity contribution in [3.8, 4) is 11.5 Å². The number of ether oxygens (including phenoxy) is 2. The van der Waals surface area contributed by atoms with Gasteiger partial charge in [-0.3, -0.25) is 9.69 Å². The number of morpholine rings is 1. The van der Waals surface area contributed by atoms with Gasteiger partial charge in [0, 0.05) is 25.2 Å². The number of nitrogens with zero attached hydrogens (tertiary/aromatic N) is 1. The van der Waals surface area contributed by atoms with Gasteiger partial charge in [-0.25, -0.2) is 0 Å². The van der Waals surface area contributed by atoms with Gasteiger partial charge in [-0.05, 0) is 38.1 Å². The summed E-state index contributed by atoms with van der Waals surface area (Å²) in [6.07, 6.45) is 0. The van der Waals surface area contributed by atoms with Crippen molar-refractivity contribution in [2.24, 2.45) is 0 Å². The zero-order valence-corrected chi connectivity index (χ0v) is 15.4. The average molecular weight is 354 g/mol. The summed E-state index contributed by atoms with van der Waals surface area (Å²) >= 11 is 0. The van der Waals surface area contributed by atoms with Crippen molar-refractivity contribution >= 4 is 5.91 Å². The largest absolute Gasteiger partial charge is 0.457 e. The number of carbonyl (C=O) groups is 1. The van der Waals surface area contributed by atoms with Crippen LogP contribution in [-0.2, 0) is 4.74 Å². The number of hydrogen-bond donors (Lipinski definition) is 1. The van der Waals surface area contributed by atoms with Gasteiger partial charge in [0.1, 0.15) is 11.5 Å². The molecular weight excluding hydrogens is 328 g/mol. The molecule has 2 aromatic rings. The van der Waals surface area contributed by atoms with Crippen LogP contribution in [0.4, 0.5) is 0 Å². The maximum Gasteiger partial charge on any atom is 0.255 e. The molecule has 3 rings (SSSR count). The van der Waals surface area contributed by atoms with Gasteiger partial charge in [-0.15, -0.1) is 0 Å². The van der Waals surface area contributed by atoms with Crippen molar-refractivity contribution in [2.45, 2.75) is 19.4 Å². The fourth-order valence-corrected chi connectivity index (χ4v) is 3.03. The van der Waals surface area contributed by atoms with Gasteiger partial charge in [0.15, 0.2) is 0 Å². The van der Waals surface area contributed by atoms with E-state index in [9.17, 15) is 4.79 Å². The van der Waals surface area contributed by atoms with E-state index in [2.05, 4.69) is 24.1 Å². The van der Waals surface area contributed by atoms with Crippen molar-refractivity contribution in [3.05, 3.63) is 60.2 Å². The Hall–Kier alpha value is -2.37. The Morgan fingerprint density at radius 1 is 1.08 bits per heavy atom. The molecule has 1 fully saturated rings. The number of rotatable bonds is 6. The molecule has 0 radical (unpaired) electrons. The zero-order valence-electron chi connectivity index (χ0n) is 15.4. The van der Waals surface area contributed by atoms with Crippen LogP contribution < -0.4 is 10.1 Å². The molecule has 1 heterocycles. The van der Waals surface area contributed by atoms with Gasteiger partial charge < -0.3 is 14.8 Å². The van der Waals surface area contributed by atoms with E-state index in [4.69, 9.17) is 9.47 Å². The lowest BCUT2D eigenvalue weighted by molar-refractivity contribution is -0.00923. The Bertz CT molecular complexity index is 725. The first-order valence-corrected chi connectivity index (χ1v) is 8.99. The number of benzene rings is 2. The highest BCUT2D eigenvalue weighted by Gasteiger charge is 2.29. The summed E-state index contributed by atoms with van der Waals surface area (Å²) in [5.74, 6) is 1.14. The van der Waals surface area contributed by atoms with E-state index in [1.807, 2.05) is 48.5 Å². The molecule has 0 saturated carbocycles. The smallest absolute Gasteiger partial charge is 0.255 e. The first kappa shape index (κ1) is 18.4. The average Bonchev–Trinajstić information content (AvgIpc) is 2.68. The Kier molecular flexibility index (Phi) is 5.91. The van der Waals surface area contributed by atoms with Crippen LogP contribution in [0, 0.1) is 0 Å².